The second-order valence-corrected chi connectivity index (χ2v) is 9.42. The first-order chi connectivity index (χ1) is 11.8. The van der Waals surface area contributed by atoms with Crippen molar-refractivity contribution in [1.29, 1.82) is 0 Å². The molecular weight excluding hydrogens is 379 g/mol. The molecule has 0 bridgehead atoms. The van der Waals surface area contributed by atoms with Gasteiger partial charge in [-0.1, -0.05) is 6.92 Å². The van der Waals surface area contributed by atoms with Crippen LogP contribution in [-0.2, 0) is 14.6 Å². The van der Waals surface area contributed by atoms with Gasteiger partial charge in [0.2, 0.25) is 5.91 Å². The fraction of sp³-hybridized carbons (Fsp3) is 0.611. The molecule has 8 heteroatoms. The Balaban J connectivity index is 0.00000243. The molecule has 1 spiro atoms. The molecule has 5 nitrogen and oxygen atoms in total. The molecular formula is C18H26ClFN2O3S. The molecule has 2 fully saturated rings. The average Bonchev–Trinajstić information content (AvgIpc) is 3.03. The highest BCUT2D eigenvalue weighted by atomic mass is 35.5. The van der Waals surface area contributed by atoms with Gasteiger partial charge in [0.05, 0.1) is 10.6 Å². The number of rotatable bonds is 4. The first kappa shape index (κ1) is 21.1. The second kappa shape index (κ2) is 8.23. The summed E-state index contributed by atoms with van der Waals surface area (Å²) in [6, 6.07) is 4.75. The minimum absolute atomic E-state index is 0. The van der Waals surface area contributed by atoms with Gasteiger partial charge in [0, 0.05) is 25.6 Å². The van der Waals surface area contributed by atoms with Crippen LogP contribution in [0.2, 0.25) is 0 Å². The summed E-state index contributed by atoms with van der Waals surface area (Å²) in [6.07, 6.45) is 3.11. The van der Waals surface area contributed by atoms with Crippen molar-refractivity contribution in [1.82, 2.24) is 10.2 Å². The third kappa shape index (κ3) is 4.56. The first-order valence-electron chi connectivity index (χ1n) is 8.79. The summed E-state index contributed by atoms with van der Waals surface area (Å²) in [7, 11) is -3.61. The van der Waals surface area contributed by atoms with Crippen molar-refractivity contribution in [2.45, 2.75) is 31.1 Å². The summed E-state index contributed by atoms with van der Waals surface area (Å²) in [5.41, 5.74) is 0.320. The zero-order valence-electron chi connectivity index (χ0n) is 14.9. The molecule has 1 N–H and O–H groups in total. The maximum atomic E-state index is 13.0. The normalized spacial score (nSPS) is 20.6. The van der Waals surface area contributed by atoms with Crippen LogP contribution in [0.15, 0.2) is 29.2 Å². The molecule has 2 aliphatic heterocycles. The fourth-order valence-electron chi connectivity index (χ4n) is 3.87. The van der Waals surface area contributed by atoms with E-state index in [2.05, 4.69) is 5.32 Å². The van der Waals surface area contributed by atoms with E-state index in [1.807, 2.05) is 0 Å². The minimum atomic E-state index is -3.61. The average molecular weight is 405 g/mol. The van der Waals surface area contributed by atoms with Crippen molar-refractivity contribution in [3.8, 4) is 0 Å². The van der Waals surface area contributed by atoms with E-state index in [0.717, 1.165) is 44.5 Å². The molecule has 3 rings (SSSR count). The number of carbonyl (C=O) groups excluding carboxylic acids is 1. The van der Waals surface area contributed by atoms with Crippen LogP contribution in [0, 0.1) is 17.2 Å². The Morgan fingerprint density at radius 2 is 1.85 bits per heavy atom. The molecule has 1 amide bonds. The van der Waals surface area contributed by atoms with E-state index < -0.39 is 21.6 Å². The molecule has 1 aromatic rings. The highest BCUT2D eigenvalue weighted by Crippen LogP contribution is 2.37. The number of carbonyl (C=O) groups is 1. The number of nitrogens with one attached hydrogen (secondary N) is 1. The Morgan fingerprint density at radius 3 is 2.38 bits per heavy atom. The van der Waals surface area contributed by atoms with Crippen molar-refractivity contribution in [3.63, 3.8) is 0 Å². The SMILES string of the molecule is CC(CS(=O)(=O)c1ccc(F)cc1)C(=O)N1CCC2(CCNC2)CC1.Cl. The van der Waals surface area contributed by atoms with Crippen LogP contribution in [-0.4, -0.2) is 51.2 Å². The standard InChI is InChI=1S/C18H25FN2O3S.ClH/c1-14(12-25(23,24)16-4-2-15(19)3-5-16)17(22)21-10-7-18(8-11-21)6-9-20-13-18;/h2-5,14,20H,6-13H2,1H3;1H. The molecule has 1 unspecified atom stereocenters. The molecule has 0 radical (unpaired) electrons. The van der Waals surface area contributed by atoms with E-state index in [1.54, 1.807) is 11.8 Å². The number of benzene rings is 1. The van der Waals surface area contributed by atoms with Crippen LogP contribution in [0.5, 0.6) is 0 Å². The molecule has 0 aromatic heterocycles. The second-order valence-electron chi connectivity index (χ2n) is 7.39. The lowest BCUT2D eigenvalue weighted by Gasteiger charge is -2.39. The van der Waals surface area contributed by atoms with Crippen LogP contribution >= 0.6 is 12.4 Å². The summed E-state index contributed by atoms with van der Waals surface area (Å²) in [5.74, 6) is -1.44. The van der Waals surface area contributed by atoms with Crippen LogP contribution in [0.3, 0.4) is 0 Å². The number of sulfone groups is 1. The molecule has 0 saturated carbocycles. The molecule has 0 aliphatic carbocycles. The lowest BCUT2D eigenvalue weighted by Crippen LogP contribution is -2.46. The van der Waals surface area contributed by atoms with Gasteiger partial charge in [-0.25, -0.2) is 12.8 Å². The highest BCUT2D eigenvalue weighted by molar-refractivity contribution is 7.91. The lowest BCUT2D eigenvalue weighted by molar-refractivity contribution is -0.136. The van der Waals surface area contributed by atoms with Gasteiger partial charge in [0.15, 0.2) is 9.84 Å². The molecule has 1 atom stereocenters. The molecule has 2 saturated heterocycles. The third-order valence-electron chi connectivity index (χ3n) is 5.53. The minimum Gasteiger partial charge on any atom is -0.342 e. The van der Waals surface area contributed by atoms with Crippen LogP contribution in [0.1, 0.15) is 26.2 Å². The largest absolute Gasteiger partial charge is 0.342 e. The summed E-state index contributed by atoms with van der Waals surface area (Å²) in [4.78, 5) is 14.5. The number of piperidine rings is 1. The van der Waals surface area contributed by atoms with Gasteiger partial charge in [-0.2, -0.15) is 0 Å². The quantitative estimate of drug-likeness (QED) is 0.782. The topological polar surface area (TPSA) is 66.5 Å². The Kier molecular flexibility index (Phi) is 6.69. The summed E-state index contributed by atoms with van der Waals surface area (Å²) in [6.45, 7) is 5.11. The number of halogens is 2. The van der Waals surface area contributed by atoms with Crippen molar-refractivity contribution in [3.05, 3.63) is 30.1 Å². The zero-order chi connectivity index (χ0) is 18.1. The van der Waals surface area contributed by atoms with E-state index in [0.29, 0.717) is 18.5 Å². The van der Waals surface area contributed by atoms with E-state index in [1.165, 1.54) is 12.1 Å². The van der Waals surface area contributed by atoms with Gasteiger partial charge in [0.25, 0.3) is 0 Å². The Morgan fingerprint density at radius 1 is 1.23 bits per heavy atom. The van der Waals surface area contributed by atoms with Gasteiger partial charge in [0.1, 0.15) is 5.82 Å². The Labute approximate surface area is 160 Å². The number of hydrogen-bond acceptors (Lipinski definition) is 4. The van der Waals surface area contributed by atoms with Gasteiger partial charge < -0.3 is 10.2 Å². The lowest BCUT2D eigenvalue weighted by atomic mass is 9.77. The molecule has 146 valence electrons. The number of hydrogen-bond donors (Lipinski definition) is 1. The molecule has 1 aromatic carbocycles. The third-order valence-corrected chi connectivity index (χ3v) is 7.46. The number of likely N-dealkylation sites (tertiary alicyclic amines) is 1. The van der Waals surface area contributed by atoms with Crippen LogP contribution < -0.4 is 5.32 Å². The monoisotopic (exact) mass is 404 g/mol. The summed E-state index contributed by atoms with van der Waals surface area (Å²) in [5, 5.41) is 3.39. The van der Waals surface area contributed by atoms with Crippen LogP contribution in [0.4, 0.5) is 4.39 Å². The van der Waals surface area contributed by atoms with E-state index in [9.17, 15) is 17.6 Å². The number of nitrogens with zero attached hydrogens (tertiary/aromatic N) is 1. The Bertz CT molecular complexity index is 723. The van der Waals surface area contributed by atoms with Crippen molar-refractivity contribution in [2.75, 3.05) is 31.9 Å². The number of amides is 1. The predicted octanol–water partition coefficient (Wildman–Crippen LogP) is 2.26. The first-order valence-corrected chi connectivity index (χ1v) is 10.4. The highest BCUT2D eigenvalue weighted by Gasteiger charge is 2.39. The smallest absolute Gasteiger partial charge is 0.226 e. The summed E-state index contributed by atoms with van der Waals surface area (Å²) < 4.78 is 37.9. The van der Waals surface area contributed by atoms with Crippen molar-refractivity contribution < 1.29 is 17.6 Å². The summed E-state index contributed by atoms with van der Waals surface area (Å²) >= 11 is 0. The van der Waals surface area contributed by atoms with Crippen molar-refractivity contribution in [2.24, 2.45) is 11.3 Å². The van der Waals surface area contributed by atoms with Gasteiger partial charge >= 0.3 is 0 Å². The molecule has 2 aliphatic rings. The predicted molar refractivity (Wildman–Crippen MR) is 101 cm³/mol. The van der Waals surface area contributed by atoms with Gasteiger partial charge in [-0.3, -0.25) is 4.79 Å². The van der Waals surface area contributed by atoms with Crippen LogP contribution in [0.25, 0.3) is 0 Å². The molecule has 26 heavy (non-hydrogen) atoms. The van der Waals surface area contributed by atoms with E-state index >= 15 is 0 Å². The van der Waals surface area contributed by atoms with Crippen molar-refractivity contribution >= 4 is 28.2 Å². The maximum absolute atomic E-state index is 13.0. The van der Waals surface area contributed by atoms with E-state index in [-0.39, 0.29) is 29.0 Å². The van der Waals surface area contributed by atoms with Gasteiger partial charge in [-0.05, 0) is 55.5 Å². The fourth-order valence-corrected chi connectivity index (χ4v) is 5.42. The molecule has 2 heterocycles. The Hall–Kier alpha value is -1.18. The zero-order valence-corrected chi connectivity index (χ0v) is 16.5. The van der Waals surface area contributed by atoms with Gasteiger partial charge in [-0.15, -0.1) is 12.4 Å². The van der Waals surface area contributed by atoms with E-state index in [4.69, 9.17) is 0 Å². The maximum Gasteiger partial charge on any atom is 0.226 e.